The van der Waals surface area contributed by atoms with Crippen molar-refractivity contribution in [3.63, 3.8) is 0 Å². The highest BCUT2D eigenvalue weighted by molar-refractivity contribution is 8.00. The molecule has 18 heavy (non-hydrogen) atoms. The van der Waals surface area contributed by atoms with Crippen molar-refractivity contribution in [2.24, 2.45) is 4.99 Å². The Labute approximate surface area is 116 Å². The molecule has 0 spiro atoms. The summed E-state index contributed by atoms with van der Waals surface area (Å²) in [5, 5.41) is 3.41. The van der Waals surface area contributed by atoms with Crippen LogP contribution >= 0.6 is 11.8 Å². The first kappa shape index (κ1) is 15.4. The van der Waals surface area contributed by atoms with Gasteiger partial charge < -0.3 is 10.2 Å². The third kappa shape index (κ3) is 5.34. The van der Waals surface area contributed by atoms with Crippen LogP contribution in [0.15, 0.2) is 17.1 Å². The summed E-state index contributed by atoms with van der Waals surface area (Å²) in [6.07, 6.45) is 5.28. The molecule has 0 saturated carbocycles. The van der Waals surface area contributed by atoms with Gasteiger partial charge in [0.25, 0.3) is 0 Å². The Kier molecular flexibility index (Phi) is 6.61. The van der Waals surface area contributed by atoms with E-state index in [1.165, 1.54) is 5.75 Å². The number of hydrogen-bond donors (Lipinski definition) is 1. The zero-order valence-corrected chi connectivity index (χ0v) is 13.0. The predicted molar refractivity (Wildman–Crippen MR) is 83.5 cm³/mol. The van der Waals surface area contributed by atoms with Crippen molar-refractivity contribution in [1.82, 2.24) is 10.2 Å². The lowest BCUT2D eigenvalue weighted by atomic mass is 10.2. The number of nitrogens with zero attached hydrogens (tertiary/aromatic N) is 2. The predicted octanol–water partition coefficient (Wildman–Crippen LogP) is 2.75. The number of nitrogens with one attached hydrogen (secondary N) is 1. The van der Waals surface area contributed by atoms with Crippen LogP contribution in [-0.2, 0) is 0 Å². The largest absolute Gasteiger partial charge is 0.357 e. The Morgan fingerprint density at radius 2 is 2.28 bits per heavy atom. The summed E-state index contributed by atoms with van der Waals surface area (Å²) in [6, 6.07) is 0. The minimum Gasteiger partial charge on any atom is -0.357 e. The molecule has 0 unspecified atom stereocenters. The number of allylic oxidation sites excluding steroid dienone is 1. The van der Waals surface area contributed by atoms with Crippen molar-refractivity contribution in [1.29, 1.82) is 0 Å². The van der Waals surface area contributed by atoms with Crippen LogP contribution in [0.3, 0.4) is 0 Å². The number of hydrogen-bond acceptors (Lipinski definition) is 2. The topological polar surface area (TPSA) is 27.6 Å². The van der Waals surface area contributed by atoms with Crippen molar-refractivity contribution in [3.05, 3.63) is 12.2 Å². The van der Waals surface area contributed by atoms with Gasteiger partial charge in [0.2, 0.25) is 0 Å². The van der Waals surface area contributed by atoms with Gasteiger partial charge >= 0.3 is 0 Å². The maximum Gasteiger partial charge on any atom is 0.193 e. The molecule has 1 heterocycles. The molecule has 0 atom stereocenters. The van der Waals surface area contributed by atoms with E-state index in [-0.39, 0.29) is 0 Å². The summed E-state index contributed by atoms with van der Waals surface area (Å²) in [7, 11) is 0. The maximum atomic E-state index is 4.71. The molecular formula is C14H27N3S. The molecule has 0 aromatic heterocycles. The Bertz CT molecular complexity index is 297. The van der Waals surface area contributed by atoms with Crippen molar-refractivity contribution >= 4 is 17.7 Å². The van der Waals surface area contributed by atoms with Gasteiger partial charge in [0.15, 0.2) is 5.96 Å². The molecule has 3 nitrogen and oxygen atoms in total. The van der Waals surface area contributed by atoms with Gasteiger partial charge in [-0.15, -0.1) is 0 Å². The second-order valence-electron chi connectivity index (χ2n) is 5.12. The van der Waals surface area contributed by atoms with Gasteiger partial charge in [-0.05, 0) is 34.1 Å². The van der Waals surface area contributed by atoms with Crippen LogP contribution in [0.25, 0.3) is 0 Å². The number of guanidine groups is 1. The van der Waals surface area contributed by atoms with E-state index in [4.69, 9.17) is 4.99 Å². The molecule has 0 aliphatic carbocycles. The van der Waals surface area contributed by atoms with Gasteiger partial charge in [-0.25, -0.2) is 0 Å². The van der Waals surface area contributed by atoms with Crippen molar-refractivity contribution in [2.75, 3.05) is 31.9 Å². The second kappa shape index (κ2) is 7.72. The monoisotopic (exact) mass is 269 g/mol. The van der Waals surface area contributed by atoms with Crippen molar-refractivity contribution in [3.8, 4) is 0 Å². The standard InChI is InChI=1S/C14H27N3S/c1-5-7-8-9-16-13(15-6-2)17-10-11-18-14(3,4)12-17/h5,7H,6,8-12H2,1-4H3,(H,15,16)/b7-5+. The van der Waals surface area contributed by atoms with Crippen LogP contribution in [0.2, 0.25) is 0 Å². The first-order valence-electron chi connectivity index (χ1n) is 6.87. The lowest BCUT2D eigenvalue weighted by molar-refractivity contribution is 0.376. The highest BCUT2D eigenvalue weighted by atomic mass is 32.2. The summed E-state index contributed by atoms with van der Waals surface area (Å²) in [4.78, 5) is 7.11. The van der Waals surface area contributed by atoms with Crippen LogP contribution in [-0.4, -0.2) is 47.5 Å². The van der Waals surface area contributed by atoms with Gasteiger partial charge in [0.1, 0.15) is 0 Å². The van der Waals surface area contributed by atoms with Crippen LogP contribution in [0.4, 0.5) is 0 Å². The Hall–Kier alpha value is -0.640. The number of rotatable bonds is 4. The van der Waals surface area contributed by atoms with E-state index in [0.29, 0.717) is 4.75 Å². The molecule has 1 aliphatic rings. The van der Waals surface area contributed by atoms with E-state index in [0.717, 1.165) is 38.6 Å². The van der Waals surface area contributed by atoms with E-state index < -0.39 is 0 Å². The average Bonchev–Trinajstić information content (AvgIpc) is 2.32. The molecule has 0 bridgehead atoms. The van der Waals surface area contributed by atoms with Gasteiger partial charge in [-0.3, -0.25) is 4.99 Å². The van der Waals surface area contributed by atoms with Crippen LogP contribution < -0.4 is 5.32 Å². The SMILES string of the molecule is C/C=C/CCN=C(NCC)N1CCSC(C)(C)C1. The van der Waals surface area contributed by atoms with Crippen LogP contribution in [0.5, 0.6) is 0 Å². The zero-order chi connectivity index (χ0) is 13.4. The smallest absolute Gasteiger partial charge is 0.193 e. The zero-order valence-electron chi connectivity index (χ0n) is 12.2. The van der Waals surface area contributed by atoms with Crippen molar-refractivity contribution in [2.45, 2.75) is 38.9 Å². The molecule has 0 aromatic carbocycles. The van der Waals surface area contributed by atoms with Gasteiger partial charge in [-0.2, -0.15) is 11.8 Å². The van der Waals surface area contributed by atoms with E-state index in [2.05, 4.69) is 61.8 Å². The fourth-order valence-electron chi connectivity index (χ4n) is 2.03. The first-order valence-corrected chi connectivity index (χ1v) is 7.86. The van der Waals surface area contributed by atoms with Gasteiger partial charge in [0.05, 0.1) is 0 Å². The van der Waals surface area contributed by atoms with E-state index in [1.54, 1.807) is 0 Å². The highest BCUT2D eigenvalue weighted by Crippen LogP contribution is 2.29. The van der Waals surface area contributed by atoms with Gasteiger partial charge in [0, 0.05) is 36.7 Å². The van der Waals surface area contributed by atoms with E-state index in [1.807, 2.05) is 0 Å². The maximum absolute atomic E-state index is 4.71. The summed E-state index contributed by atoms with van der Waals surface area (Å²) in [5.74, 6) is 2.27. The number of aliphatic imine (C=N–C) groups is 1. The molecule has 0 aromatic rings. The third-order valence-electron chi connectivity index (χ3n) is 2.85. The highest BCUT2D eigenvalue weighted by Gasteiger charge is 2.28. The molecule has 0 amide bonds. The van der Waals surface area contributed by atoms with Crippen LogP contribution in [0, 0.1) is 0 Å². The Balaban J connectivity index is 2.59. The summed E-state index contributed by atoms with van der Waals surface area (Å²) < 4.78 is 0.331. The first-order chi connectivity index (χ1) is 8.59. The molecule has 0 radical (unpaired) electrons. The quantitative estimate of drug-likeness (QED) is 0.368. The molecule has 104 valence electrons. The van der Waals surface area contributed by atoms with Crippen LogP contribution in [0.1, 0.15) is 34.1 Å². The molecule has 1 N–H and O–H groups in total. The summed E-state index contributed by atoms with van der Waals surface area (Å²) in [5.41, 5.74) is 0. The lowest BCUT2D eigenvalue weighted by Gasteiger charge is -2.39. The number of thioether (sulfide) groups is 1. The minimum atomic E-state index is 0.331. The summed E-state index contributed by atoms with van der Waals surface area (Å²) in [6.45, 7) is 12.8. The molecule has 1 fully saturated rings. The molecule has 1 rings (SSSR count). The van der Waals surface area contributed by atoms with E-state index in [9.17, 15) is 0 Å². The van der Waals surface area contributed by atoms with E-state index >= 15 is 0 Å². The second-order valence-corrected chi connectivity index (χ2v) is 6.93. The average molecular weight is 269 g/mol. The Morgan fingerprint density at radius 1 is 1.50 bits per heavy atom. The normalized spacial score (nSPS) is 20.4. The fraction of sp³-hybridized carbons (Fsp3) is 0.786. The van der Waals surface area contributed by atoms with Crippen molar-refractivity contribution < 1.29 is 0 Å². The fourth-order valence-corrected chi connectivity index (χ4v) is 3.15. The Morgan fingerprint density at radius 3 is 2.89 bits per heavy atom. The molecule has 4 heteroatoms. The van der Waals surface area contributed by atoms with Gasteiger partial charge in [-0.1, -0.05) is 12.2 Å². The lowest BCUT2D eigenvalue weighted by Crippen LogP contribution is -2.51. The molecule has 1 aliphatic heterocycles. The minimum absolute atomic E-state index is 0.331. The molecular weight excluding hydrogens is 242 g/mol. The molecule has 1 saturated heterocycles. The third-order valence-corrected chi connectivity index (χ3v) is 4.15. The summed E-state index contributed by atoms with van der Waals surface area (Å²) >= 11 is 2.06.